The van der Waals surface area contributed by atoms with Gasteiger partial charge in [-0.05, 0) is 0 Å². The van der Waals surface area contributed by atoms with E-state index in [1.807, 2.05) is 30.3 Å². The van der Waals surface area contributed by atoms with Crippen molar-refractivity contribution in [3.63, 3.8) is 0 Å². The van der Waals surface area contributed by atoms with Gasteiger partial charge < -0.3 is 9.47 Å². The van der Waals surface area contributed by atoms with E-state index in [1.165, 1.54) is 0 Å². The summed E-state index contributed by atoms with van der Waals surface area (Å²) < 4.78 is 11.1. The second-order valence-electron chi connectivity index (χ2n) is 5.86. The maximum Gasteiger partial charge on any atom is 0.262 e. The van der Waals surface area contributed by atoms with Crippen molar-refractivity contribution in [2.45, 2.75) is 32.2 Å². The summed E-state index contributed by atoms with van der Waals surface area (Å²) >= 11 is 0. The van der Waals surface area contributed by atoms with E-state index in [2.05, 4.69) is 20.8 Å². The standard InChI is InChI=1S/C15H22O4/c1-13(2,3)14(11-16-4)15(17-5,19-18-14)12-9-7-6-8-10-12/h6-10H,11H2,1-5H3. The fourth-order valence-corrected chi connectivity index (χ4v) is 2.63. The van der Waals surface area contributed by atoms with Gasteiger partial charge in [-0.15, -0.1) is 0 Å². The van der Waals surface area contributed by atoms with Crippen LogP contribution in [-0.4, -0.2) is 26.4 Å². The summed E-state index contributed by atoms with van der Waals surface area (Å²) in [5.74, 6) is -0.942. The Balaban J connectivity index is 2.51. The highest BCUT2D eigenvalue weighted by Gasteiger charge is 2.71. The van der Waals surface area contributed by atoms with E-state index in [-0.39, 0.29) is 5.41 Å². The van der Waals surface area contributed by atoms with Crippen molar-refractivity contribution >= 4 is 0 Å². The number of ether oxygens (including phenoxy) is 2. The van der Waals surface area contributed by atoms with Crippen LogP contribution in [-0.2, 0) is 25.0 Å². The van der Waals surface area contributed by atoms with Crippen molar-refractivity contribution in [3.8, 4) is 0 Å². The van der Waals surface area contributed by atoms with Crippen LogP contribution in [0.15, 0.2) is 30.3 Å². The molecule has 4 heteroatoms. The number of methoxy groups -OCH3 is 2. The second kappa shape index (κ2) is 4.87. The highest BCUT2D eigenvalue weighted by atomic mass is 17.3. The molecule has 2 atom stereocenters. The van der Waals surface area contributed by atoms with Crippen molar-refractivity contribution in [3.05, 3.63) is 35.9 Å². The summed E-state index contributed by atoms with van der Waals surface area (Å²) in [6.07, 6.45) is 0. The van der Waals surface area contributed by atoms with Gasteiger partial charge in [0, 0.05) is 25.2 Å². The highest BCUT2D eigenvalue weighted by molar-refractivity contribution is 5.27. The molecule has 0 radical (unpaired) electrons. The fraction of sp³-hybridized carbons (Fsp3) is 0.600. The van der Waals surface area contributed by atoms with Crippen LogP contribution in [0.1, 0.15) is 26.3 Å². The SMILES string of the molecule is COCC1(C(C)(C)C)OOC1(OC)c1ccccc1. The molecular formula is C15H22O4. The van der Waals surface area contributed by atoms with Gasteiger partial charge in [-0.3, -0.25) is 0 Å². The molecule has 4 nitrogen and oxygen atoms in total. The first-order valence-electron chi connectivity index (χ1n) is 6.40. The molecule has 0 saturated carbocycles. The van der Waals surface area contributed by atoms with E-state index in [4.69, 9.17) is 19.2 Å². The molecule has 0 spiro atoms. The predicted octanol–water partition coefficient (Wildman–Crippen LogP) is 2.88. The first-order valence-corrected chi connectivity index (χ1v) is 6.40. The molecule has 1 aliphatic heterocycles. The van der Waals surface area contributed by atoms with E-state index in [9.17, 15) is 0 Å². The third kappa shape index (κ3) is 1.91. The Kier molecular flexibility index (Phi) is 3.71. The van der Waals surface area contributed by atoms with Crippen LogP contribution >= 0.6 is 0 Å². The topological polar surface area (TPSA) is 36.9 Å². The van der Waals surface area contributed by atoms with E-state index < -0.39 is 11.4 Å². The Labute approximate surface area is 114 Å². The van der Waals surface area contributed by atoms with Crippen LogP contribution in [0.25, 0.3) is 0 Å². The van der Waals surface area contributed by atoms with Crippen molar-refractivity contribution in [1.82, 2.24) is 0 Å². The van der Waals surface area contributed by atoms with E-state index in [1.54, 1.807) is 14.2 Å². The average Bonchev–Trinajstić information content (AvgIpc) is 2.35. The van der Waals surface area contributed by atoms with Crippen LogP contribution in [0.4, 0.5) is 0 Å². The summed E-state index contributed by atoms with van der Waals surface area (Å²) in [7, 11) is 3.28. The molecule has 0 amide bonds. The van der Waals surface area contributed by atoms with Crippen molar-refractivity contribution in [2.75, 3.05) is 20.8 Å². The lowest BCUT2D eigenvalue weighted by Crippen LogP contribution is -2.73. The smallest absolute Gasteiger partial charge is 0.262 e. The summed E-state index contributed by atoms with van der Waals surface area (Å²) in [6.45, 7) is 6.65. The summed E-state index contributed by atoms with van der Waals surface area (Å²) in [6, 6.07) is 9.82. The molecular weight excluding hydrogens is 244 g/mol. The van der Waals surface area contributed by atoms with Gasteiger partial charge in [0.1, 0.15) is 0 Å². The minimum atomic E-state index is -0.942. The van der Waals surface area contributed by atoms with Gasteiger partial charge >= 0.3 is 0 Å². The first-order chi connectivity index (χ1) is 8.93. The van der Waals surface area contributed by atoms with Crippen LogP contribution in [0.3, 0.4) is 0 Å². The Morgan fingerprint density at radius 2 is 1.68 bits per heavy atom. The summed E-state index contributed by atoms with van der Waals surface area (Å²) in [5.41, 5.74) is 0.0218. The lowest BCUT2D eigenvalue weighted by molar-refractivity contribution is -0.637. The molecule has 0 aromatic heterocycles. The normalized spacial score (nSPS) is 31.0. The monoisotopic (exact) mass is 266 g/mol. The van der Waals surface area contributed by atoms with Crippen LogP contribution in [0, 0.1) is 5.41 Å². The molecule has 0 aliphatic carbocycles. The van der Waals surface area contributed by atoms with Crippen molar-refractivity contribution in [2.24, 2.45) is 5.41 Å². The fourth-order valence-electron chi connectivity index (χ4n) is 2.63. The van der Waals surface area contributed by atoms with E-state index in [0.717, 1.165) is 5.56 Å². The van der Waals surface area contributed by atoms with Crippen LogP contribution < -0.4 is 0 Å². The van der Waals surface area contributed by atoms with Crippen LogP contribution in [0.5, 0.6) is 0 Å². The predicted molar refractivity (Wildman–Crippen MR) is 71.4 cm³/mol. The maximum atomic E-state index is 5.73. The third-order valence-electron chi connectivity index (χ3n) is 3.83. The van der Waals surface area contributed by atoms with Crippen LogP contribution in [0.2, 0.25) is 0 Å². The molecule has 0 N–H and O–H groups in total. The number of rotatable bonds is 4. The Morgan fingerprint density at radius 1 is 1.05 bits per heavy atom. The van der Waals surface area contributed by atoms with Gasteiger partial charge in [0.15, 0.2) is 5.60 Å². The molecule has 106 valence electrons. The quantitative estimate of drug-likeness (QED) is 0.785. The maximum absolute atomic E-state index is 5.73. The first kappa shape index (κ1) is 14.5. The van der Waals surface area contributed by atoms with Gasteiger partial charge in [-0.2, -0.15) is 4.89 Å². The molecule has 1 saturated heterocycles. The largest absolute Gasteiger partial charge is 0.381 e. The third-order valence-corrected chi connectivity index (χ3v) is 3.83. The molecule has 1 aliphatic rings. The second-order valence-corrected chi connectivity index (χ2v) is 5.86. The lowest BCUT2D eigenvalue weighted by atomic mass is 9.68. The molecule has 2 unspecified atom stereocenters. The molecule has 1 heterocycles. The highest BCUT2D eigenvalue weighted by Crippen LogP contribution is 2.57. The zero-order valence-corrected chi connectivity index (χ0v) is 12.2. The van der Waals surface area contributed by atoms with Gasteiger partial charge in [0.05, 0.1) is 6.61 Å². The average molecular weight is 266 g/mol. The Morgan fingerprint density at radius 3 is 2.05 bits per heavy atom. The molecule has 0 bridgehead atoms. The van der Waals surface area contributed by atoms with Gasteiger partial charge in [-0.1, -0.05) is 51.1 Å². The molecule has 2 rings (SSSR count). The number of hydrogen-bond donors (Lipinski definition) is 0. The molecule has 19 heavy (non-hydrogen) atoms. The lowest BCUT2D eigenvalue weighted by Gasteiger charge is -2.60. The molecule has 1 fully saturated rings. The van der Waals surface area contributed by atoms with Crippen molar-refractivity contribution < 1.29 is 19.2 Å². The Hall–Kier alpha value is -0.940. The summed E-state index contributed by atoms with van der Waals surface area (Å²) in [4.78, 5) is 11.0. The van der Waals surface area contributed by atoms with Gasteiger partial charge in [-0.25, -0.2) is 4.89 Å². The zero-order chi connectivity index (χ0) is 14.1. The Bertz CT molecular complexity index is 422. The minimum Gasteiger partial charge on any atom is -0.381 e. The van der Waals surface area contributed by atoms with E-state index in [0.29, 0.717) is 6.61 Å². The molecule has 1 aromatic carbocycles. The number of hydrogen-bond acceptors (Lipinski definition) is 4. The minimum absolute atomic E-state index is 0.215. The van der Waals surface area contributed by atoms with Gasteiger partial charge in [0.2, 0.25) is 0 Å². The van der Waals surface area contributed by atoms with E-state index >= 15 is 0 Å². The van der Waals surface area contributed by atoms with Crippen molar-refractivity contribution in [1.29, 1.82) is 0 Å². The summed E-state index contributed by atoms with van der Waals surface area (Å²) in [5, 5.41) is 0. The number of benzene rings is 1. The molecule has 1 aromatic rings. The van der Waals surface area contributed by atoms with Gasteiger partial charge in [0.25, 0.3) is 5.79 Å². The zero-order valence-electron chi connectivity index (χ0n) is 12.2.